The predicted octanol–water partition coefficient (Wildman–Crippen LogP) is 1.11. The summed E-state index contributed by atoms with van der Waals surface area (Å²) in [5, 5.41) is 15.1. The van der Waals surface area contributed by atoms with Crippen LogP contribution >= 0.6 is 0 Å². The molecule has 0 radical (unpaired) electrons. The van der Waals surface area contributed by atoms with Gasteiger partial charge < -0.3 is 25.8 Å². The van der Waals surface area contributed by atoms with E-state index in [1.165, 1.54) is 18.2 Å². The Morgan fingerprint density at radius 3 is 2.08 bits per heavy atom. The van der Waals surface area contributed by atoms with Gasteiger partial charge in [-0.3, -0.25) is 24.0 Å². The Labute approximate surface area is 211 Å². The summed E-state index contributed by atoms with van der Waals surface area (Å²) in [6.07, 6.45) is -1.04. The molecule has 2 aromatic carbocycles. The third-order valence-electron chi connectivity index (χ3n) is 4.86. The van der Waals surface area contributed by atoms with Crippen LogP contribution in [-0.2, 0) is 30.5 Å². The van der Waals surface area contributed by atoms with E-state index in [2.05, 4.69) is 10.1 Å². The fourth-order valence-electron chi connectivity index (χ4n) is 2.86. The van der Waals surface area contributed by atoms with E-state index in [0.717, 1.165) is 13.0 Å². The molecule has 0 aliphatic rings. The van der Waals surface area contributed by atoms with Crippen LogP contribution in [0.25, 0.3) is 0 Å². The number of Topliss-reactive ketones (excluding diaryl/α,β-unsaturated/α-hetero) is 1. The van der Waals surface area contributed by atoms with E-state index in [0.29, 0.717) is 0 Å². The quantitative estimate of drug-likeness (QED) is 0.188. The fraction of sp³-hybridized carbons (Fsp3) is 0.261. The molecule has 0 aliphatic heterocycles. The molecular weight excluding hydrogens is 525 g/mol. The maximum atomic E-state index is 13.7. The first-order valence-corrected chi connectivity index (χ1v) is 10.6. The average molecular weight is 545 g/mol. The molecule has 0 bridgehead atoms. The van der Waals surface area contributed by atoms with Gasteiger partial charge in [0.05, 0.1) is 6.42 Å². The molecule has 0 aromatic heterocycles. The number of benzene rings is 2. The number of amides is 3. The molecule has 2 rings (SSSR count). The summed E-state index contributed by atoms with van der Waals surface area (Å²) >= 11 is 0. The Hall–Kier alpha value is -4.56. The lowest BCUT2D eigenvalue weighted by Crippen LogP contribution is -2.53. The molecule has 2 atom stereocenters. The second-order valence-electron chi connectivity index (χ2n) is 7.68. The Morgan fingerprint density at radius 1 is 0.895 bits per heavy atom. The summed E-state index contributed by atoms with van der Waals surface area (Å²) in [5.41, 5.74) is 0.0810. The Balaban J connectivity index is 1.98. The topological polar surface area (TPSA) is 151 Å². The van der Waals surface area contributed by atoms with E-state index in [1.807, 2.05) is 10.6 Å². The molecule has 4 N–H and O–H groups in total. The van der Waals surface area contributed by atoms with Crippen LogP contribution in [0.1, 0.15) is 18.9 Å². The minimum absolute atomic E-state index is 0.0810. The van der Waals surface area contributed by atoms with Crippen molar-refractivity contribution in [3.8, 4) is 5.75 Å². The van der Waals surface area contributed by atoms with Gasteiger partial charge in [-0.2, -0.15) is 8.78 Å². The van der Waals surface area contributed by atoms with Gasteiger partial charge in [0.2, 0.25) is 17.5 Å². The van der Waals surface area contributed by atoms with Crippen LogP contribution in [0.4, 0.5) is 22.0 Å². The van der Waals surface area contributed by atoms with Gasteiger partial charge in [0.25, 0.3) is 0 Å². The molecule has 0 heterocycles. The molecule has 15 heteroatoms. The highest BCUT2D eigenvalue weighted by atomic mass is 19.2. The summed E-state index contributed by atoms with van der Waals surface area (Å²) in [4.78, 5) is 59.8. The lowest BCUT2D eigenvalue weighted by molar-refractivity contribution is -0.142. The van der Waals surface area contributed by atoms with Gasteiger partial charge >= 0.3 is 17.8 Å². The first-order valence-electron chi connectivity index (χ1n) is 10.6. The molecule has 10 nitrogen and oxygen atoms in total. The molecule has 0 saturated carbocycles. The monoisotopic (exact) mass is 545 g/mol. The molecule has 0 saturated heterocycles. The fourth-order valence-corrected chi connectivity index (χ4v) is 2.86. The van der Waals surface area contributed by atoms with Crippen molar-refractivity contribution in [1.82, 2.24) is 16.0 Å². The van der Waals surface area contributed by atoms with Crippen LogP contribution in [-0.4, -0.2) is 53.3 Å². The number of rotatable bonds is 11. The zero-order chi connectivity index (χ0) is 28.6. The van der Waals surface area contributed by atoms with E-state index in [9.17, 15) is 45.9 Å². The van der Waals surface area contributed by atoms with Gasteiger partial charge in [-0.1, -0.05) is 18.2 Å². The molecule has 0 unspecified atom stereocenters. The standard InChI is InChI=1S/C23H20F5N3O7/c1-10(30-23(37)22(36)29-8-11-4-2-3-5-12(11)24)21(35)31-15(7-17(33)34)16(32)9-38-20-18(27)13(25)6-14(26)19(20)28/h2-6,10,15H,7-9H2,1H3,(H,29,36)(H,30,37)(H,31,35)(H,33,34)/t10-,15-/m0/s1. The van der Waals surface area contributed by atoms with Crippen molar-refractivity contribution in [2.24, 2.45) is 0 Å². The van der Waals surface area contributed by atoms with E-state index >= 15 is 0 Å². The maximum absolute atomic E-state index is 13.7. The van der Waals surface area contributed by atoms with Gasteiger partial charge in [0, 0.05) is 18.2 Å². The van der Waals surface area contributed by atoms with E-state index in [-0.39, 0.29) is 18.2 Å². The second-order valence-corrected chi connectivity index (χ2v) is 7.68. The lowest BCUT2D eigenvalue weighted by Gasteiger charge is -2.20. The molecule has 0 aliphatic carbocycles. The zero-order valence-corrected chi connectivity index (χ0v) is 19.4. The Bertz CT molecular complexity index is 1230. The van der Waals surface area contributed by atoms with Crippen LogP contribution < -0.4 is 20.7 Å². The molecule has 2 aromatic rings. The van der Waals surface area contributed by atoms with Crippen LogP contribution in [0.15, 0.2) is 30.3 Å². The van der Waals surface area contributed by atoms with Crippen molar-refractivity contribution in [1.29, 1.82) is 0 Å². The van der Waals surface area contributed by atoms with Gasteiger partial charge in [-0.25, -0.2) is 13.2 Å². The smallest absolute Gasteiger partial charge is 0.309 e. The number of ketones is 1. The molecular formula is C23H20F5N3O7. The van der Waals surface area contributed by atoms with Gasteiger partial charge in [0.15, 0.2) is 23.2 Å². The van der Waals surface area contributed by atoms with E-state index in [1.54, 1.807) is 0 Å². The number of aliphatic carboxylic acids is 1. The number of carboxylic acids is 1. The number of nitrogens with one attached hydrogen (secondary N) is 3. The highest BCUT2D eigenvalue weighted by molar-refractivity contribution is 6.35. The SMILES string of the molecule is C[C@H](NC(=O)C(=O)NCc1ccccc1F)C(=O)N[C@@H](CC(=O)O)C(=O)COc1c(F)c(F)cc(F)c1F. The van der Waals surface area contributed by atoms with Gasteiger partial charge in [-0.15, -0.1) is 0 Å². The number of carbonyl (C=O) groups excluding carboxylic acids is 4. The highest BCUT2D eigenvalue weighted by Gasteiger charge is 2.29. The second kappa shape index (κ2) is 13.1. The van der Waals surface area contributed by atoms with Crippen molar-refractivity contribution >= 4 is 29.5 Å². The number of ether oxygens (including phenoxy) is 1. The van der Waals surface area contributed by atoms with Crippen LogP contribution in [0, 0.1) is 29.1 Å². The van der Waals surface area contributed by atoms with Crippen molar-refractivity contribution < 1.29 is 55.8 Å². The first-order chi connectivity index (χ1) is 17.8. The number of halogens is 5. The van der Waals surface area contributed by atoms with Crippen LogP contribution in [0.5, 0.6) is 5.75 Å². The summed E-state index contributed by atoms with van der Waals surface area (Å²) in [7, 11) is 0. The van der Waals surface area contributed by atoms with Gasteiger partial charge in [-0.05, 0) is 13.0 Å². The normalized spacial score (nSPS) is 12.2. The summed E-state index contributed by atoms with van der Waals surface area (Å²) in [5.74, 6) is -16.3. The third-order valence-corrected chi connectivity index (χ3v) is 4.86. The minimum atomic E-state index is -1.94. The predicted molar refractivity (Wildman–Crippen MR) is 117 cm³/mol. The van der Waals surface area contributed by atoms with E-state index < -0.39 is 89.4 Å². The molecule has 3 amide bonds. The molecule has 0 spiro atoms. The largest absolute Gasteiger partial charge is 0.481 e. The molecule has 204 valence electrons. The van der Waals surface area contributed by atoms with Gasteiger partial charge in [0.1, 0.15) is 24.5 Å². The van der Waals surface area contributed by atoms with Crippen molar-refractivity contribution in [3.63, 3.8) is 0 Å². The average Bonchev–Trinajstić information content (AvgIpc) is 2.85. The molecule has 0 fully saturated rings. The van der Waals surface area contributed by atoms with Crippen molar-refractivity contribution in [3.05, 3.63) is 65.0 Å². The number of carbonyl (C=O) groups is 5. The highest BCUT2D eigenvalue weighted by Crippen LogP contribution is 2.26. The number of hydrogen-bond donors (Lipinski definition) is 4. The first kappa shape index (κ1) is 29.7. The maximum Gasteiger partial charge on any atom is 0.309 e. The van der Waals surface area contributed by atoms with Crippen molar-refractivity contribution in [2.75, 3.05) is 6.61 Å². The number of carboxylic acid groups (broad SMARTS) is 1. The summed E-state index contributed by atoms with van der Waals surface area (Å²) < 4.78 is 72.1. The Kier molecular flexibility index (Phi) is 10.2. The number of hydrogen-bond acceptors (Lipinski definition) is 6. The van der Waals surface area contributed by atoms with Crippen LogP contribution in [0.3, 0.4) is 0 Å². The minimum Gasteiger partial charge on any atom is -0.481 e. The zero-order valence-electron chi connectivity index (χ0n) is 19.4. The van der Waals surface area contributed by atoms with Crippen molar-refractivity contribution in [2.45, 2.75) is 32.0 Å². The summed E-state index contributed by atoms with van der Waals surface area (Å²) in [6.45, 7) is -0.560. The van der Waals surface area contributed by atoms with Crippen LogP contribution in [0.2, 0.25) is 0 Å². The van der Waals surface area contributed by atoms with E-state index in [4.69, 9.17) is 5.11 Å². The third kappa shape index (κ3) is 7.97. The molecule has 38 heavy (non-hydrogen) atoms. The summed E-state index contributed by atoms with van der Waals surface area (Å²) in [6, 6.07) is 1.96. The Morgan fingerprint density at radius 2 is 1.50 bits per heavy atom. The lowest BCUT2D eigenvalue weighted by atomic mass is 10.1.